The third-order valence-electron chi connectivity index (χ3n) is 4.09. The Balaban J connectivity index is 2.06. The number of rotatable bonds is 8. The quantitative estimate of drug-likeness (QED) is 0.770. The van der Waals surface area contributed by atoms with Gasteiger partial charge >= 0.3 is 0 Å². The second-order valence-corrected chi connectivity index (χ2v) is 5.72. The molecule has 2 heteroatoms. The Kier molecular flexibility index (Phi) is 6.06. The van der Waals surface area contributed by atoms with Crippen LogP contribution < -0.4 is 10.2 Å². The number of likely N-dealkylation sites (N-methyl/N-ethyl adjacent to an activating group) is 1. The Morgan fingerprint density at radius 2 is 1.81 bits per heavy atom. The SMILES string of the molecule is CCCC(C)NCCN(CC)c1cccc2ccccc12. The molecule has 0 spiro atoms. The number of fused-ring (bicyclic) bond motifs is 1. The first kappa shape index (κ1) is 15.8. The number of hydrogen-bond acceptors (Lipinski definition) is 2. The molecule has 2 aromatic rings. The predicted molar refractivity (Wildman–Crippen MR) is 94.2 cm³/mol. The number of nitrogens with zero attached hydrogens (tertiary/aromatic N) is 1. The van der Waals surface area contributed by atoms with E-state index in [1.54, 1.807) is 0 Å². The summed E-state index contributed by atoms with van der Waals surface area (Å²) < 4.78 is 0. The van der Waals surface area contributed by atoms with Gasteiger partial charge in [0.1, 0.15) is 0 Å². The minimum absolute atomic E-state index is 0.612. The number of anilines is 1. The molecule has 2 aromatic carbocycles. The Morgan fingerprint density at radius 3 is 2.57 bits per heavy atom. The van der Waals surface area contributed by atoms with Gasteiger partial charge in [-0.25, -0.2) is 0 Å². The first-order valence-electron chi connectivity index (χ1n) is 8.22. The van der Waals surface area contributed by atoms with Gasteiger partial charge in [-0.2, -0.15) is 0 Å². The summed E-state index contributed by atoms with van der Waals surface area (Å²) in [5, 5.41) is 6.30. The third-order valence-corrected chi connectivity index (χ3v) is 4.09. The highest BCUT2D eigenvalue weighted by Gasteiger charge is 2.08. The van der Waals surface area contributed by atoms with Crippen LogP contribution in [-0.2, 0) is 0 Å². The van der Waals surface area contributed by atoms with Crippen LogP contribution in [0.2, 0.25) is 0 Å². The van der Waals surface area contributed by atoms with E-state index in [2.05, 4.69) is 73.5 Å². The molecule has 0 aliphatic carbocycles. The Morgan fingerprint density at radius 1 is 1.05 bits per heavy atom. The maximum Gasteiger partial charge on any atom is 0.0446 e. The lowest BCUT2D eigenvalue weighted by molar-refractivity contribution is 0.510. The van der Waals surface area contributed by atoms with E-state index in [1.807, 2.05) is 0 Å². The molecule has 0 aliphatic rings. The lowest BCUT2D eigenvalue weighted by Gasteiger charge is -2.26. The van der Waals surface area contributed by atoms with Gasteiger partial charge in [-0.3, -0.25) is 0 Å². The van der Waals surface area contributed by atoms with E-state index in [9.17, 15) is 0 Å². The second-order valence-electron chi connectivity index (χ2n) is 5.72. The molecule has 0 saturated heterocycles. The van der Waals surface area contributed by atoms with Gasteiger partial charge in [-0.1, -0.05) is 49.7 Å². The normalized spacial score (nSPS) is 12.5. The van der Waals surface area contributed by atoms with Crippen molar-refractivity contribution in [2.45, 2.75) is 39.7 Å². The molecule has 0 amide bonds. The first-order valence-corrected chi connectivity index (χ1v) is 8.22. The monoisotopic (exact) mass is 284 g/mol. The Labute approximate surface area is 129 Å². The molecule has 0 saturated carbocycles. The van der Waals surface area contributed by atoms with Crippen molar-refractivity contribution in [1.82, 2.24) is 5.32 Å². The molecule has 21 heavy (non-hydrogen) atoms. The standard InChI is InChI=1S/C19H28N2/c1-4-9-16(3)20-14-15-21(5-2)19-13-8-11-17-10-6-7-12-18(17)19/h6-8,10-13,16,20H,4-5,9,14-15H2,1-3H3. The lowest BCUT2D eigenvalue weighted by atomic mass is 10.1. The largest absolute Gasteiger partial charge is 0.370 e. The van der Waals surface area contributed by atoms with Crippen LogP contribution in [0.4, 0.5) is 5.69 Å². The van der Waals surface area contributed by atoms with Crippen molar-refractivity contribution in [2.24, 2.45) is 0 Å². The van der Waals surface area contributed by atoms with Gasteiger partial charge in [0.2, 0.25) is 0 Å². The van der Waals surface area contributed by atoms with Gasteiger partial charge in [0.15, 0.2) is 0 Å². The van der Waals surface area contributed by atoms with Crippen LogP contribution in [0.25, 0.3) is 10.8 Å². The lowest BCUT2D eigenvalue weighted by Crippen LogP contribution is -2.36. The van der Waals surface area contributed by atoms with Crippen LogP contribution in [0.1, 0.15) is 33.6 Å². The minimum atomic E-state index is 0.612. The highest BCUT2D eigenvalue weighted by molar-refractivity contribution is 5.94. The summed E-state index contributed by atoms with van der Waals surface area (Å²) in [4.78, 5) is 2.47. The molecular formula is C19H28N2. The van der Waals surface area contributed by atoms with Crippen LogP contribution in [0, 0.1) is 0 Å². The topological polar surface area (TPSA) is 15.3 Å². The molecule has 0 heterocycles. The van der Waals surface area contributed by atoms with Gasteiger partial charge in [-0.15, -0.1) is 0 Å². The Hall–Kier alpha value is -1.54. The number of benzene rings is 2. The minimum Gasteiger partial charge on any atom is -0.370 e. The van der Waals surface area contributed by atoms with Crippen molar-refractivity contribution >= 4 is 16.5 Å². The van der Waals surface area contributed by atoms with Gasteiger partial charge in [-0.05, 0) is 31.7 Å². The smallest absolute Gasteiger partial charge is 0.0446 e. The van der Waals surface area contributed by atoms with E-state index >= 15 is 0 Å². The van der Waals surface area contributed by atoms with E-state index < -0.39 is 0 Å². The fraction of sp³-hybridized carbons (Fsp3) is 0.474. The van der Waals surface area contributed by atoms with Crippen LogP contribution in [0.3, 0.4) is 0 Å². The van der Waals surface area contributed by atoms with E-state index in [4.69, 9.17) is 0 Å². The fourth-order valence-electron chi connectivity index (χ4n) is 2.91. The molecule has 0 bridgehead atoms. The van der Waals surface area contributed by atoms with Crippen LogP contribution in [0.5, 0.6) is 0 Å². The zero-order valence-corrected chi connectivity index (χ0v) is 13.6. The van der Waals surface area contributed by atoms with Crippen LogP contribution >= 0.6 is 0 Å². The maximum atomic E-state index is 3.62. The zero-order valence-electron chi connectivity index (χ0n) is 13.6. The van der Waals surface area contributed by atoms with Crippen molar-refractivity contribution < 1.29 is 0 Å². The zero-order chi connectivity index (χ0) is 15.1. The van der Waals surface area contributed by atoms with Gasteiger partial charge in [0.05, 0.1) is 0 Å². The average Bonchev–Trinajstić information content (AvgIpc) is 2.51. The van der Waals surface area contributed by atoms with Crippen molar-refractivity contribution in [3.05, 3.63) is 42.5 Å². The van der Waals surface area contributed by atoms with E-state index in [1.165, 1.54) is 29.3 Å². The molecule has 2 nitrogen and oxygen atoms in total. The first-order chi connectivity index (χ1) is 10.3. The second kappa shape index (κ2) is 8.04. The maximum absolute atomic E-state index is 3.62. The highest BCUT2D eigenvalue weighted by Crippen LogP contribution is 2.26. The van der Waals surface area contributed by atoms with E-state index in [-0.39, 0.29) is 0 Å². The van der Waals surface area contributed by atoms with Crippen molar-refractivity contribution in [1.29, 1.82) is 0 Å². The summed E-state index contributed by atoms with van der Waals surface area (Å²) in [6.45, 7) is 9.89. The van der Waals surface area contributed by atoms with Crippen molar-refractivity contribution in [3.63, 3.8) is 0 Å². The van der Waals surface area contributed by atoms with E-state index in [0.717, 1.165) is 19.6 Å². The predicted octanol–water partition coefficient (Wildman–Crippen LogP) is 4.44. The van der Waals surface area contributed by atoms with Crippen molar-refractivity contribution in [3.8, 4) is 0 Å². The van der Waals surface area contributed by atoms with Gasteiger partial charge in [0, 0.05) is 36.7 Å². The summed E-state index contributed by atoms with van der Waals surface area (Å²) >= 11 is 0. The summed E-state index contributed by atoms with van der Waals surface area (Å²) in [5.41, 5.74) is 1.35. The molecular weight excluding hydrogens is 256 g/mol. The molecule has 1 unspecified atom stereocenters. The van der Waals surface area contributed by atoms with Crippen molar-refractivity contribution in [2.75, 3.05) is 24.5 Å². The molecule has 2 rings (SSSR count). The molecule has 1 atom stereocenters. The summed E-state index contributed by atoms with van der Waals surface area (Å²) in [6, 6.07) is 15.8. The number of nitrogens with one attached hydrogen (secondary N) is 1. The average molecular weight is 284 g/mol. The van der Waals surface area contributed by atoms with Crippen LogP contribution in [0.15, 0.2) is 42.5 Å². The van der Waals surface area contributed by atoms with Gasteiger partial charge < -0.3 is 10.2 Å². The number of hydrogen-bond donors (Lipinski definition) is 1. The molecule has 0 aromatic heterocycles. The molecule has 1 N–H and O–H groups in total. The summed E-state index contributed by atoms with van der Waals surface area (Å²) in [6.07, 6.45) is 2.50. The molecule has 114 valence electrons. The molecule has 0 aliphatic heterocycles. The summed E-state index contributed by atoms with van der Waals surface area (Å²) in [7, 11) is 0. The third kappa shape index (κ3) is 4.21. The van der Waals surface area contributed by atoms with Crippen LogP contribution in [-0.4, -0.2) is 25.7 Å². The molecule has 0 radical (unpaired) electrons. The van der Waals surface area contributed by atoms with Gasteiger partial charge in [0.25, 0.3) is 0 Å². The molecule has 0 fully saturated rings. The van der Waals surface area contributed by atoms with E-state index in [0.29, 0.717) is 6.04 Å². The summed E-state index contributed by atoms with van der Waals surface area (Å²) in [5.74, 6) is 0. The Bertz CT molecular complexity index is 545. The highest BCUT2D eigenvalue weighted by atomic mass is 15.1. The fourth-order valence-corrected chi connectivity index (χ4v) is 2.91.